The van der Waals surface area contributed by atoms with E-state index in [-0.39, 0.29) is 12.1 Å². The van der Waals surface area contributed by atoms with Gasteiger partial charge < -0.3 is 10.6 Å². The second-order valence-electron chi connectivity index (χ2n) is 7.08. The molecule has 8 heteroatoms. The second-order valence-corrected chi connectivity index (χ2v) is 8.47. The molecule has 0 spiro atoms. The molecule has 0 aliphatic carbocycles. The number of carbonyl (C=O) groups excluding carboxylic acids is 2. The number of fused-ring (bicyclic) bond motifs is 1. The average Bonchev–Trinajstić information content (AvgIpc) is 3.16. The van der Waals surface area contributed by atoms with Crippen LogP contribution < -0.4 is 10.6 Å². The smallest absolute Gasteiger partial charge is 0.314 e. The van der Waals surface area contributed by atoms with Crippen molar-refractivity contribution in [3.63, 3.8) is 0 Å². The Morgan fingerprint density at radius 2 is 1.96 bits per heavy atom. The van der Waals surface area contributed by atoms with E-state index in [9.17, 15) is 9.59 Å². The Morgan fingerprint density at radius 3 is 2.65 bits per heavy atom. The number of nitrogens with one attached hydrogen (secondary N) is 2. The number of aromatic nitrogens is 2. The highest BCUT2D eigenvalue weighted by atomic mass is 35.5. The predicted octanol–water partition coefficient (Wildman–Crippen LogP) is 3.29. The normalized spacial score (nSPS) is 13.4. The van der Waals surface area contributed by atoms with E-state index < -0.39 is 11.8 Å². The fourth-order valence-electron chi connectivity index (χ4n) is 2.69. The second kappa shape index (κ2) is 7.32. The Balaban J connectivity index is 1.72. The first kappa shape index (κ1) is 18.8. The largest absolute Gasteiger partial charge is 0.344 e. The number of thioether (sulfide) groups is 1. The lowest BCUT2D eigenvalue weighted by Crippen LogP contribution is -2.37. The number of hydrogen-bond acceptors (Lipinski definition) is 4. The highest BCUT2D eigenvalue weighted by Gasteiger charge is 2.29. The summed E-state index contributed by atoms with van der Waals surface area (Å²) in [4.78, 5) is 24.6. The number of benzene rings is 1. The van der Waals surface area contributed by atoms with Gasteiger partial charge in [-0.25, -0.2) is 4.68 Å². The van der Waals surface area contributed by atoms with Crippen molar-refractivity contribution in [1.29, 1.82) is 0 Å². The maximum absolute atomic E-state index is 12.4. The van der Waals surface area contributed by atoms with Crippen LogP contribution in [0.1, 0.15) is 37.6 Å². The number of halogens is 1. The van der Waals surface area contributed by atoms with Gasteiger partial charge in [0.1, 0.15) is 5.82 Å². The average molecular weight is 393 g/mol. The molecule has 138 valence electrons. The zero-order valence-corrected chi connectivity index (χ0v) is 16.5. The van der Waals surface area contributed by atoms with E-state index in [4.69, 9.17) is 11.6 Å². The lowest BCUT2D eigenvalue weighted by molar-refractivity contribution is -0.136. The zero-order chi connectivity index (χ0) is 18.9. The molecule has 1 aromatic carbocycles. The Morgan fingerprint density at radius 1 is 1.23 bits per heavy atom. The van der Waals surface area contributed by atoms with Crippen LogP contribution in [0.3, 0.4) is 0 Å². The molecule has 0 fully saturated rings. The fraction of sp³-hybridized carbons (Fsp3) is 0.389. The first-order valence-corrected chi connectivity index (χ1v) is 9.82. The zero-order valence-electron chi connectivity index (χ0n) is 14.9. The Labute approximate surface area is 161 Å². The third-order valence-corrected chi connectivity index (χ3v) is 5.36. The fourth-order valence-corrected chi connectivity index (χ4v) is 3.93. The van der Waals surface area contributed by atoms with Crippen LogP contribution in [0.15, 0.2) is 24.3 Å². The number of nitrogens with zero attached hydrogens (tertiary/aromatic N) is 2. The Kier molecular flexibility index (Phi) is 5.29. The van der Waals surface area contributed by atoms with Gasteiger partial charge in [-0.15, -0.1) is 0 Å². The van der Waals surface area contributed by atoms with Gasteiger partial charge in [-0.3, -0.25) is 9.59 Å². The molecule has 3 rings (SSSR count). The summed E-state index contributed by atoms with van der Waals surface area (Å²) in [6.07, 6.45) is 0. The molecule has 1 aliphatic rings. The van der Waals surface area contributed by atoms with Gasteiger partial charge >= 0.3 is 11.8 Å². The summed E-state index contributed by atoms with van der Waals surface area (Å²) in [7, 11) is 0. The van der Waals surface area contributed by atoms with Gasteiger partial charge in [-0.2, -0.15) is 16.9 Å². The van der Waals surface area contributed by atoms with Gasteiger partial charge in [0.2, 0.25) is 0 Å². The number of carbonyl (C=O) groups is 2. The van der Waals surface area contributed by atoms with E-state index in [0.29, 0.717) is 10.8 Å². The van der Waals surface area contributed by atoms with Crippen LogP contribution in [0.2, 0.25) is 5.02 Å². The van der Waals surface area contributed by atoms with Crippen LogP contribution in [0.5, 0.6) is 0 Å². The van der Waals surface area contributed by atoms with Crippen molar-refractivity contribution in [2.24, 2.45) is 0 Å². The molecule has 2 aromatic rings. The molecule has 0 saturated carbocycles. The minimum atomic E-state index is -0.706. The molecule has 2 N–H and O–H groups in total. The van der Waals surface area contributed by atoms with E-state index in [1.807, 2.05) is 32.9 Å². The van der Waals surface area contributed by atoms with Crippen LogP contribution in [0.25, 0.3) is 0 Å². The molecule has 1 aliphatic heterocycles. The highest BCUT2D eigenvalue weighted by Crippen LogP contribution is 2.37. The van der Waals surface area contributed by atoms with Gasteiger partial charge in [0.15, 0.2) is 0 Å². The van der Waals surface area contributed by atoms with Crippen molar-refractivity contribution in [2.75, 3.05) is 5.32 Å². The molecule has 0 saturated heterocycles. The van der Waals surface area contributed by atoms with Crippen LogP contribution in [0.4, 0.5) is 5.82 Å². The van der Waals surface area contributed by atoms with Crippen molar-refractivity contribution in [3.05, 3.63) is 46.1 Å². The molecular formula is C18H21ClN4O2S. The molecule has 0 atom stereocenters. The van der Waals surface area contributed by atoms with Crippen LogP contribution in [0, 0.1) is 0 Å². The SMILES string of the molecule is CC(C)(C)n1nc2c(c1NC(=O)C(=O)NCc1ccccc1Cl)CSC2. The molecule has 0 radical (unpaired) electrons. The number of rotatable bonds is 3. The molecule has 2 heterocycles. The van der Waals surface area contributed by atoms with Crippen LogP contribution in [-0.4, -0.2) is 21.6 Å². The molecule has 2 amide bonds. The molecule has 0 bridgehead atoms. The van der Waals surface area contributed by atoms with Gasteiger partial charge in [-0.1, -0.05) is 29.8 Å². The third kappa shape index (κ3) is 3.88. The van der Waals surface area contributed by atoms with Crippen molar-refractivity contribution in [3.8, 4) is 0 Å². The summed E-state index contributed by atoms with van der Waals surface area (Å²) in [5, 5.41) is 10.5. The molecule has 26 heavy (non-hydrogen) atoms. The number of amides is 2. The quantitative estimate of drug-likeness (QED) is 0.786. The van der Waals surface area contributed by atoms with Crippen molar-refractivity contribution < 1.29 is 9.59 Å². The highest BCUT2D eigenvalue weighted by molar-refractivity contribution is 7.98. The molecular weight excluding hydrogens is 372 g/mol. The topological polar surface area (TPSA) is 76.0 Å². The van der Waals surface area contributed by atoms with Gasteiger partial charge in [-0.05, 0) is 32.4 Å². The summed E-state index contributed by atoms with van der Waals surface area (Å²) in [5.41, 5.74) is 2.42. The Hall–Kier alpha value is -1.99. The minimum absolute atomic E-state index is 0.193. The summed E-state index contributed by atoms with van der Waals surface area (Å²) in [6.45, 7) is 6.22. The maximum atomic E-state index is 12.4. The van der Waals surface area contributed by atoms with Crippen LogP contribution in [-0.2, 0) is 33.2 Å². The van der Waals surface area contributed by atoms with Crippen molar-refractivity contribution >= 4 is 41.0 Å². The molecule has 6 nitrogen and oxygen atoms in total. The van der Waals surface area contributed by atoms with E-state index >= 15 is 0 Å². The minimum Gasteiger partial charge on any atom is -0.344 e. The van der Waals surface area contributed by atoms with E-state index in [2.05, 4.69) is 15.7 Å². The molecule has 1 aromatic heterocycles. The van der Waals surface area contributed by atoms with Gasteiger partial charge in [0.05, 0.1) is 11.2 Å². The van der Waals surface area contributed by atoms with E-state index in [0.717, 1.165) is 28.3 Å². The maximum Gasteiger partial charge on any atom is 0.314 e. The number of hydrogen-bond donors (Lipinski definition) is 2. The standard InChI is InChI=1S/C18H21ClN4O2S/c1-18(2,3)23-15(12-9-26-10-14(12)22-23)21-17(25)16(24)20-8-11-6-4-5-7-13(11)19/h4-7H,8-10H2,1-3H3,(H,20,24)(H,21,25). The van der Waals surface area contributed by atoms with E-state index in [1.165, 1.54) is 0 Å². The number of anilines is 1. The molecule has 0 unspecified atom stereocenters. The first-order chi connectivity index (χ1) is 12.3. The lowest BCUT2D eigenvalue weighted by Gasteiger charge is -2.23. The lowest BCUT2D eigenvalue weighted by atomic mass is 10.1. The van der Waals surface area contributed by atoms with Crippen molar-refractivity contribution in [2.45, 2.75) is 44.4 Å². The third-order valence-electron chi connectivity index (χ3n) is 4.02. The first-order valence-electron chi connectivity index (χ1n) is 8.29. The van der Waals surface area contributed by atoms with Gasteiger partial charge in [0.25, 0.3) is 0 Å². The van der Waals surface area contributed by atoms with Crippen LogP contribution >= 0.6 is 23.4 Å². The van der Waals surface area contributed by atoms with Gasteiger partial charge in [0, 0.05) is 28.6 Å². The monoisotopic (exact) mass is 392 g/mol. The summed E-state index contributed by atoms with van der Waals surface area (Å²) in [6, 6.07) is 7.19. The Bertz CT molecular complexity index is 857. The summed E-state index contributed by atoms with van der Waals surface area (Å²) in [5.74, 6) is 0.797. The predicted molar refractivity (Wildman–Crippen MR) is 104 cm³/mol. The van der Waals surface area contributed by atoms with Crippen molar-refractivity contribution in [1.82, 2.24) is 15.1 Å². The van der Waals surface area contributed by atoms with E-state index in [1.54, 1.807) is 28.6 Å². The summed E-state index contributed by atoms with van der Waals surface area (Å²) < 4.78 is 1.79. The summed E-state index contributed by atoms with van der Waals surface area (Å²) >= 11 is 7.82.